The summed E-state index contributed by atoms with van der Waals surface area (Å²) in [5, 5.41) is 15.2. The second-order valence-corrected chi connectivity index (χ2v) is 8.70. The van der Waals surface area contributed by atoms with Crippen LogP contribution in [-0.2, 0) is 4.74 Å². The number of aryl methyl sites for hydroxylation is 1. The van der Waals surface area contributed by atoms with Gasteiger partial charge in [-0.15, -0.1) is 0 Å². The zero-order chi connectivity index (χ0) is 17.9. The molecule has 0 radical (unpaired) electrons. The summed E-state index contributed by atoms with van der Waals surface area (Å²) in [6.45, 7) is 5.64. The number of morpholine rings is 1. The molecule has 2 aromatic rings. The van der Waals surface area contributed by atoms with Crippen molar-refractivity contribution < 1.29 is 9.84 Å². The van der Waals surface area contributed by atoms with Crippen molar-refractivity contribution >= 4 is 11.5 Å². The van der Waals surface area contributed by atoms with Crippen molar-refractivity contribution in [1.82, 2.24) is 14.6 Å². The van der Waals surface area contributed by atoms with E-state index >= 15 is 0 Å². The molecule has 6 nitrogen and oxygen atoms in total. The van der Waals surface area contributed by atoms with Gasteiger partial charge in [-0.25, -0.2) is 4.98 Å². The maximum atomic E-state index is 10.2. The van der Waals surface area contributed by atoms with Crippen LogP contribution in [0.2, 0.25) is 0 Å². The van der Waals surface area contributed by atoms with Crippen LogP contribution in [0.5, 0.6) is 0 Å². The lowest BCUT2D eigenvalue weighted by Gasteiger charge is -2.36. The minimum absolute atomic E-state index is 0.423. The highest BCUT2D eigenvalue weighted by Gasteiger charge is 2.39. The summed E-state index contributed by atoms with van der Waals surface area (Å²) < 4.78 is 7.81. The van der Waals surface area contributed by atoms with Crippen LogP contribution in [0.4, 0.5) is 5.82 Å². The van der Waals surface area contributed by atoms with Gasteiger partial charge in [-0.05, 0) is 52.4 Å². The molecule has 1 saturated carbocycles. The maximum absolute atomic E-state index is 10.2. The standard InChI is InChI=1S/C20H28N4O2/c1-13-9-19(23-15-3-4-16(23)12-26-11-15)24-18(21-13)10-17(22-24)14-5-7-20(2,25)8-6-14/h9-10,14-16,25H,3-8,11-12H2,1-2H3. The largest absolute Gasteiger partial charge is 0.390 e. The molecule has 2 aliphatic heterocycles. The van der Waals surface area contributed by atoms with Crippen molar-refractivity contribution in [3.63, 3.8) is 0 Å². The number of aromatic nitrogens is 3. The Morgan fingerprint density at radius 3 is 2.50 bits per heavy atom. The van der Waals surface area contributed by atoms with Gasteiger partial charge in [0.25, 0.3) is 0 Å². The fourth-order valence-electron chi connectivity index (χ4n) is 5.02. The molecule has 0 spiro atoms. The van der Waals surface area contributed by atoms with E-state index in [1.165, 1.54) is 12.8 Å². The van der Waals surface area contributed by atoms with Crippen LogP contribution in [-0.4, -0.2) is 50.6 Å². The van der Waals surface area contributed by atoms with Crippen LogP contribution in [0.1, 0.15) is 62.8 Å². The Balaban J connectivity index is 1.52. The Morgan fingerprint density at radius 1 is 1.12 bits per heavy atom. The molecule has 2 bridgehead atoms. The SMILES string of the molecule is Cc1cc(N2C3CCC2COC3)n2nc(C3CCC(C)(O)CC3)cc2n1. The van der Waals surface area contributed by atoms with Gasteiger partial charge in [-0.1, -0.05) is 0 Å². The Bertz CT molecular complexity index is 805. The molecule has 5 rings (SSSR count). The fraction of sp³-hybridized carbons (Fsp3) is 0.700. The Kier molecular flexibility index (Phi) is 3.76. The van der Waals surface area contributed by atoms with E-state index < -0.39 is 5.60 Å². The van der Waals surface area contributed by atoms with Crippen LogP contribution in [0.15, 0.2) is 12.1 Å². The first-order chi connectivity index (χ1) is 12.5. The lowest BCUT2D eigenvalue weighted by atomic mass is 9.79. The molecule has 3 aliphatic rings. The van der Waals surface area contributed by atoms with Crippen molar-refractivity contribution in [2.24, 2.45) is 0 Å². The summed E-state index contributed by atoms with van der Waals surface area (Å²) in [6, 6.07) is 5.24. The van der Waals surface area contributed by atoms with Crippen molar-refractivity contribution in [3.05, 3.63) is 23.5 Å². The Morgan fingerprint density at radius 2 is 1.81 bits per heavy atom. The topological polar surface area (TPSA) is 62.9 Å². The minimum Gasteiger partial charge on any atom is -0.390 e. The molecule has 1 N–H and O–H groups in total. The average molecular weight is 356 g/mol. The molecule has 6 heteroatoms. The zero-order valence-electron chi connectivity index (χ0n) is 15.7. The molecule has 3 fully saturated rings. The van der Waals surface area contributed by atoms with Gasteiger partial charge in [0, 0.05) is 23.7 Å². The van der Waals surface area contributed by atoms with E-state index in [2.05, 4.69) is 24.0 Å². The van der Waals surface area contributed by atoms with Gasteiger partial charge in [-0.3, -0.25) is 0 Å². The van der Waals surface area contributed by atoms with Gasteiger partial charge in [-0.2, -0.15) is 9.61 Å². The lowest BCUT2D eigenvalue weighted by Crippen LogP contribution is -2.46. The van der Waals surface area contributed by atoms with E-state index in [0.717, 1.165) is 61.7 Å². The lowest BCUT2D eigenvalue weighted by molar-refractivity contribution is 0.0168. The minimum atomic E-state index is -0.511. The van der Waals surface area contributed by atoms with E-state index in [1.807, 2.05) is 11.4 Å². The first-order valence-corrected chi connectivity index (χ1v) is 9.96. The molecule has 2 unspecified atom stereocenters. The molecule has 26 heavy (non-hydrogen) atoms. The van der Waals surface area contributed by atoms with Crippen molar-refractivity contribution in [1.29, 1.82) is 0 Å². The third-order valence-corrected chi connectivity index (χ3v) is 6.54. The Hall–Kier alpha value is -1.66. The van der Waals surface area contributed by atoms with Crippen molar-refractivity contribution in [2.75, 3.05) is 18.1 Å². The molecule has 2 aromatic heterocycles. The highest BCUT2D eigenvalue weighted by Crippen LogP contribution is 2.39. The highest BCUT2D eigenvalue weighted by atomic mass is 16.5. The molecular formula is C20H28N4O2. The smallest absolute Gasteiger partial charge is 0.157 e. The highest BCUT2D eigenvalue weighted by molar-refractivity contribution is 5.54. The summed E-state index contributed by atoms with van der Waals surface area (Å²) in [5.74, 6) is 1.59. The third kappa shape index (κ3) is 2.70. The molecule has 0 amide bonds. The van der Waals surface area contributed by atoms with Gasteiger partial charge >= 0.3 is 0 Å². The van der Waals surface area contributed by atoms with Gasteiger partial charge in [0.1, 0.15) is 5.82 Å². The molecule has 2 atom stereocenters. The predicted octanol–water partition coefficient (Wildman–Crippen LogP) is 2.81. The quantitative estimate of drug-likeness (QED) is 0.896. The van der Waals surface area contributed by atoms with E-state index in [0.29, 0.717) is 18.0 Å². The van der Waals surface area contributed by atoms with Crippen LogP contribution in [0.25, 0.3) is 5.65 Å². The monoisotopic (exact) mass is 356 g/mol. The number of ether oxygens (including phenoxy) is 1. The van der Waals surface area contributed by atoms with E-state index in [-0.39, 0.29) is 0 Å². The number of anilines is 1. The average Bonchev–Trinajstić information content (AvgIpc) is 3.12. The second-order valence-electron chi connectivity index (χ2n) is 8.70. The number of nitrogens with zero attached hydrogens (tertiary/aromatic N) is 4. The molecule has 140 valence electrons. The van der Waals surface area contributed by atoms with Crippen LogP contribution < -0.4 is 4.90 Å². The fourth-order valence-corrected chi connectivity index (χ4v) is 5.02. The number of aliphatic hydroxyl groups is 1. The van der Waals surface area contributed by atoms with E-state index in [9.17, 15) is 5.11 Å². The molecule has 1 aliphatic carbocycles. The molecule has 4 heterocycles. The molecule has 2 saturated heterocycles. The number of hydrogen-bond acceptors (Lipinski definition) is 5. The first kappa shape index (κ1) is 16.5. The van der Waals surface area contributed by atoms with Gasteiger partial charge < -0.3 is 14.7 Å². The summed E-state index contributed by atoms with van der Waals surface area (Å²) in [7, 11) is 0. The van der Waals surface area contributed by atoms with Gasteiger partial charge in [0.15, 0.2) is 5.65 Å². The second kappa shape index (κ2) is 5.92. The van der Waals surface area contributed by atoms with Crippen molar-refractivity contribution in [2.45, 2.75) is 76.0 Å². The third-order valence-electron chi connectivity index (χ3n) is 6.54. The molecule has 0 aromatic carbocycles. The maximum Gasteiger partial charge on any atom is 0.157 e. The van der Waals surface area contributed by atoms with E-state index in [4.69, 9.17) is 14.8 Å². The van der Waals surface area contributed by atoms with Gasteiger partial charge in [0.2, 0.25) is 0 Å². The summed E-state index contributed by atoms with van der Waals surface area (Å²) in [4.78, 5) is 7.26. The van der Waals surface area contributed by atoms with Gasteiger partial charge in [0.05, 0.1) is 36.6 Å². The first-order valence-electron chi connectivity index (χ1n) is 9.96. The summed E-state index contributed by atoms with van der Waals surface area (Å²) in [6.07, 6.45) is 6.07. The molecular weight excluding hydrogens is 328 g/mol. The van der Waals surface area contributed by atoms with Crippen LogP contribution in [0.3, 0.4) is 0 Å². The van der Waals surface area contributed by atoms with Crippen LogP contribution in [0, 0.1) is 6.92 Å². The number of hydrogen-bond donors (Lipinski definition) is 1. The summed E-state index contributed by atoms with van der Waals surface area (Å²) >= 11 is 0. The Labute approximate surface area is 154 Å². The van der Waals surface area contributed by atoms with Crippen LogP contribution >= 0.6 is 0 Å². The summed E-state index contributed by atoms with van der Waals surface area (Å²) in [5.41, 5.74) is 2.60. The van der Waals surface area contributed by atoms with Crippen molar-refractivity contribution in [3.8, 4) is 0 Å². The normalized spacial score (nSPS) is 34.6. The predicted molar refractivity (Wildman–Crippen MR) is 99.7 cm³/mol. The number of rotatable bonds is 2. The number of fused-ring (bicyclic) bond motifs is 3. The van der Waals surface area contributed by atoms with E-state index in [1.54, 1.807) is 0 Å². The zero-order valence-corrected chi connectivity index (χ0v) is 15.7.